The van der Waals surface area contributed by atoms with E-state index in [1.807, 2.05) is 10.3 Å². The standard InChI is InChI=1S/C12H10ClN3O2S/c13-11-2-1-9(16(17)18)12(14-11)15-5-3-10-8(7-15)4-6-19-10/h1-2,4,6H,3,5,7H2. The molecule has 19 heavy (non-hydrogen) atoms. The van der Waals surface area contributed by atoms with Gasteiger partial charge in [-0.2, -0.15) is 0 Å². The van der Waals surface area contributed by atoms with Crippen molar-refractivity contribution in [3.8, 4) is 0 Å². The predicted octanol–water partition coefficient (Wildman–Crippen LogP) is 3.27. The number of nitro groups is 1. The fraction of sp³-hybridized carbons (Fsp3) is 0.250. The van der Waals surface area contributed by atoms with Crippen LogP contribution in [-0.4, -0.2) is 16.5 Å². The average Bonchev–Trinajstić information content (AvgIpc) is 2.85. The van der Waals surface area contributed by atoms with Crippen LogP contribution >= 0.6 is 22.9 Å². The molecule has 3 rings (SSSR count). The molecule has 3 heterocycles. The molecular weight excluding hydrogens is 286 g/mol. The number of hydrogen-bond donors (Lipinski definition) is 0. The van der Waals surface area contributed by atoms with Crippen LogP contribution in [0.2, 0.25) is 5.15 Å². The highest BCUT2D eigenvalue weighted by atomic mass is 35.5. The number of nitrogens with zero attached hydrogens (tertiary/aromatic N) is 3. The summed E-state index contributed by atoms with van der Waals surface area (Å²) in [6.45, 7) is 1.37. The Labute approximate surface area is 118 Å². The smallest absolute Gasteiger partial charge is 0.311 e. The molecule has 0 aliphatic carbocycles. The molecule has 5 nitrogen and oxygen atoms in total. The summed E-state index contributed by atoms with van der Waals surface area (Å²) in [5.74, 6) is 0.356. The van der Waals surface area contributed by atoms with Gasteiger partial charge in [0.2, 0.25) is 5.82 Å². The first-order valence-electron chi connectivity index (χ1n) is 5.76. The summed E-state index contributed by atoms with van der Waals surface area (Å²) in [5, 5.41) is 13.4. The Morgan fingerprint density at radius 2 is 2.26 bits per heavy atom. The van der Waals surface area contributed by atoms with E-state index in [4.69, 9.17) is 11.6 Å². The molecule has 0 amide bonds. The van der Waals surface area contributed by atoms with Gasteiger partial charge in [0.15, 0.2) is 0 Å². The normalized spacial score (nSPS) is 14.3. The maximum absolute atomic E-state index is 11.1. The summed E-state index contributed by atoms with van der Waals surface area (Å²) in [6, 6.07) is 4.92. The van der Waals surface area contributed by atoms with Gasteiger partial charge in [-0.05, 0) is 29.5 Å². The van der Waals surface area contributed by atoms with Gasteiger partial charge in [0.05, 0.1) is 4.92 Å². The van der Waals surface area contributed by atoms with Crippen LogP contribution in [-0.2, 0) is 13.0 Å². The minimum atomic E-state index is -0.415. The van der Waals surface area contributed by atoms with E-state index in [0.29, 0.717) is 12.4 Å². The van der Waals surface area contributed by atoms with Crippen LogP contribution in [0.4, 0.5) is 11.5 Å². The second-order valence-electron chi connectivity index (χ2n) is 4.27. The summed E-state index contributed by atoms with van der Waals surface area (Å²) in [5.41, 5.74) is 1.22. The van der Waals surface area contributed by atoms with Crippen molar-refractivity contribution in [1.29, 1.82) is 0 Å². The van der Waals surface area contributed by atoms with E-state index in [-0.39, 0.29) is 10.8 Å². The number of aromatic nitrogens is 1. The van der Waals surface area contributed by atoms with Crippen molar-refractivity contribution >= 4 is 34.4 Å². The zero-order valence-electron chi connectivity index (χ0n) is 9.88. The molecular formula is C12H10ClN3O2S. The lowest BCUT2D eigenvalue weighted by molar-refractivity contribution is -0.384. The number of halogens is 1. The molecule has 0 N–H and O–H groups in total. The van der Waals surface area contributed by atoms with Gasteiger partial charge in [0, 0.05) is 24.0 Å². The van der Waals surface area contributed by atoms with Crippen LogP contribution in [0, 0.1) is 10.1 Å². The third-order valence-electron chi connectivity index (χ3n) is 3.12. The Kier molecular flexibility index (Phi) is 3.12. The molecule has 0 saturated carbocycles. The zero-order chi connectivity index (χ0) is 13.4. The van der Waals surface area contributed by atoms with Gasteiger partial charge in [-0.25, -0.2) is 4.98 Å². The first-order valence-corrected chi connectivity index (χ1v) is 7.02. The Morgan fingerprint density at radius 3 is 3.05 bits per heavy atom. The summed E-state index contributed by atoms with van der Waals surface area (Å²) < 4.78 is 0. The van der Waals surface area contributed by atoms with Gasteiger partial charge in [0.1, 0.15) is 5.15 Å². The maximum atomic E-state index is 11.1. The van der Waals surface area contributed by atoms with Crippen LogP contribution in [0.5, 0.6) is 0 Å². The van der Waals surface area contributed by atoms with Gasteiger partial charge in [-0.15, -0.1) is 11.3 Å². The minimum Gasteiger partial charge on any atom is -0.346 e. The van der Waals surface area contributed by atoms with Crippen molar-refractivity contribution in [2.45, 2.75) is 13.0 Å². The second kappa shape index (κ2) is 4.79. The van der Waals surface area contributed by atoms with E-state index in [1.54, 1.807) is 11.3 Å². The van der Waals surface area contributed by atoms with Crippen molar-refractivity contribution < 1.29 is 4.92 Å². The third kappa shape index (κ3) is 2.29. The van der Waals surface area contributed by atoms with Crippen molar-refractivity contribution in [2.75, 3.05) is 11.4 Å². The first kappa shape index (κ1) is 12.4. The minimum absolute atomic E-state index is 0.00285. The van der Waals surface area contributed by atoms with Crippen LogP contribution in [0.3, 0.4) is 0 Å². The lowest BCUT2D eigenvalue weighted by Gasteiger charge is -2.27. The topological polar surface area (TPSA) is 59.3 Å². The van der Waals surface area contributed by atoms with E-state index in [9.17, 15) is 10.1 Å². The molecule has 0 unspecified atom stereocenters. The fourth-order valence-corrected chi connectivity index (χ4v) is 3.26. The van der Waals surface area contributed by atoms with Crippen molar-refractivity contribution in [3.63, 3.8) is 0 Å². The highest BCUT2D eigenvalue weighted by Gasteiger charge is 2.25. The number of hydrogen-bond acceptors (Lipinski definition) is 5. The largest absolute Gasteiger partial charge is 0.346 e. The number of thiophene rings is 1. The molecule has 0 radical (unpaired) electrons. The van der Waals surface area contributed by atoms with Gasteiger partial charge >= 0.3 is 5.69 Å². The van der Waals surface area contributed by atoms with Gasteiger partial charge < -0.3 is 4.90 Å². The Hall–Kier alpha value is -1.66. The third-order valence-corrected chi connectivity index (χ3v) is 4.36. The molecule has 0 fully saturated rings. The molecule has 0 spiro atoms. The van der Waals surface area contributed by atoms with E-state index in [1.165, 1.54) is 22.6 Å². The zero-order valence-corrected chi connectivity index (χ0v) is 11.4. The van der Waals surface area contributed by atoms with E-state index >= 15 is 0 Å². The van der Waals surface area contributed by atoms with Crippen molar-refractivity contribution in [2.24, 2.45) is 0 Å². The lowest BCUT2D eigenvalue weighted by Crippen LogP contribution is -2.30. The van der Waals surface area contributed by atoms with Crippen molar-refractivity contribution in [3.05, 3.63) is 49.3 Å². The lowest BCUT2D eigenvalue weighted by atomic mass is 10.1. The Bertz CT molecular complexity index is 644. The molecule has 0 bridgehead atoms. The molecule has 2 aromatic rings. The summed E-state index contributed by atoms with van der Waals surface area (Å²) in [6.07, 6.45) is 0.887. The first-order chi connectivity index (χ1) is 9.15. The van der Waals surface area contributed by atoms with Gasteiger partial charge in [-0.3, -0.25) is 10.1 Å². The molecule has 7 heteroatoms. The van der Waals surface area contributed by atoms with Gasteiger partial charge in [-0.1, -0.05) is 11.6 Å². The van der Waals surface area contributed by atoms with Crippen LogP contribution < -0.4 is 4.90 Å². The fourth-order valence-electron chi connectivity index (χ4n) is 2.22. The molecule has 1 aliphatic rings. The molecule has 0 aromatic carbocycles. The van der Waals surface area contributed by atoms with Crippen LogP contribution in [0.25, 0.3) is 0 Å². The SMILES string of the molecule is O=[N+]([O-])c1ccc(Cl)nc1N1CCc2sccc2C1. The monoisotopic (exact) mass is 295 g/mol. The maximum Gasteiger partial charge on any atom is 0.311 e. The highest BCUT2D eigenvalue weighted by molar-refractivity contribution is 7.10. The molecule has 2 aromatic heterocycles. The molecule has 0 saturated heterocycles. The Morgan fingerprint density at radius 1 is 1.42 bits per heavy atom. The van der Waals surface area contributed by atoms with E-state index in [0.717, 1.165) is 13.0 Å². The molecule has 0 atom stereocenters. The number of fused-ring (bicyclic) bond motifs is 1. The molecule has 98 valence electrons. The predicted molar refractivity (Wildman–Crippen MR) is 75.0 cm³/mol. The molecule has 1 aliphatic heterocycles. The van der Waals surface area contributed by atoms with Crippen molar-refractivity contribution in [1.82, 2.24) is 4.98 Å². The number of anilines is 1. The number of rotatable bonds is 2. The van der Waals surface area contributed by atoms with Crippen LogP contribution in [0.1, 0.15) is 10.4 Å². The van der Waals surface area contributed by atoms with Gasteiger partial charge in [0.25, 0.3) is 0 Å². The van der Waals surface area contributed by atoms with E-state index < -0.39 is 4.92 Å². The summed E-state index contributed by atoms with van der Waals surface area (Å²) >= 11 is 7.59. The van der Waals surface area contributed by atoms with E-state index in [2.05, 4.69) is 11.1 Å². The van der Waals surface area contributed by atoms with Crippen LogP contribution in [0.15, 0.2) is 23.6 Å². The quantitative estimate of drug-likeness (QED) is 0.485. The second-order valence-corrected chi connectivity index (χ2v) is 5.66. The number of pyridine rings is 1. The summed E-state index contributed by atoms with van der Waals surface area (Å²) in [4.78, 5) is 18.0. The average molecular weight is 296 g/mol. The highest BCUT2D eigenvalue weighted by Crippen LogP contribution is 2.32. The Balaban J connectivity index is 1.99. The summed E-state index contributed by atoms with van der Waals surface area (Å²) in [7, 11) is 0.